The molecule has 0 saturated heterocycles. The molecule has 0 aliphatic carbocycles. The molecule has 0 fully saturated rings. The highest BCUT2D eigenvalue weighted by Crippen LogP contribution is 2.14. The van der Waals surface area contributed by atoms with Gasteiger partial charge in [-0.3, -0.25) is 14.4 Å². The fourth-order valence-electron chi connectivity index (χ4n) is 7.27. The van der Waals surface area contributed by atoms with Gasteiger partial charge in [0.2, 0.25) is 0 Å². The van der Waals surface area contributed by atoms with Gasteiger partial charge in [0.05, 0.1) is 0 Å². The molecular formula is C55H98O6. The van der Waals surface area contributed by atoms with Gasteiger partial charge in [0.1, 0.15) is 13.2 Å². The molecule has 0 aromatic rings. The molecule has 0 unspecified atom stereocenters. The van der Waals surface area contributed by atoms with Crippen LogP contribution in [0.4, 0.5) is 0 Å². The van der Waals surface area contributed by atoms with Gasteiger partial charge >= 0.3 is 17.9 Å². The first-order chi connectivity index (χ1) is 30.0. The van der Waals surface area contributed by atoms with E-state index < -0.39 is 6.10 Å². The Morgan fingerprint density at radius 2 is 0.607 bits per heavy atom. The summed E-state index contributed by atoms with van der Waals surface area (Å²) in [6.45, 7) is 6.56. The lowest BCUT2D eigenvalue weighted by atomic mass is 10.1. The quantitative estimate of drug-likeness (QED) is 0.0263. The third-order valence-corrected chi connectivity index (χ3v) is 11.3. The Hall–Kier alpha value is -2.63. The second-order valence-corrected chi connectivity index (χ2v) is 17.4. The second kappa shape index (κ2) is 50.0. The van der Waals surface area contributed by atoms with Gasteiger partial charge in [0.25, 0.3) is 0 Å². The molecular weight excluding hydrogens is 757 g/mol. The van der Waals surface area contributed by atoms with Crippen LogP contribution in [0.1, 0.15) is 265 Å². The minimum Gasteiger partial charge on any atom is -0.462 e. The third kappa shape index (κ3) is 48.3. The molecule has 0 aromatic carbocycles. The van der Waals surface area contributed by atoms with Crippen molar-refractivity contribution >= 4 is 17.9 Å². The Morgan fingerprint density at radius 3 is 1.00 bits per heavy atom. The lowest BCUT2D eigenvalue weighted by molar-refractivity contribution is -0.167. The van der Waals surface area contributed by atoms with E-state index in [0.29, 0.717) is 19.3 Å². The van der Waals surface area contributed by atoms with Crippen molar-refractivity contribution in [2.75, 3.05) is 13.2 Å². The summed E-state index contributed by atoms with van der Waals surface area (Å²) in [6.07, 6.45) is 59.5. The highest BCUT2D eigenvalue weighted by molar-refractivity contribution is 5.71. The molecule has 6 nitrogen and oxygen atoms in total. The predicted octanol–water partition coefficient (Wildman–Crippen LogP) is 17.1. The van der Waals surface area contributed by atoms with Crippen LogP contribution in [0.3, 0.4) is 0 Å². The van der Waals surface area contributed by atoms with Crippen LogP contribution < -0.4 is 0 Å². The van der Waals surface area contributed by atoms with Crippen LogP contribution >= 0.6 is 0 Å². The Kier molecular flexibility index (Phi) is 47.9. The van der Waals surface area contributed by atoms with Gasteiger partial charge in [-0.15, -0.1) is 0 Å². The monoisotopic (exact) mass is 855 g/mol. The molecule has 0 N–H and O–H groups in total. The third-order valence-electron chi connectivity index (χ3n) is 11.3. The molecule has 0 aliphatic heterocycles. The van der Waals surface area contributed by atoms with Gasteiger partial charge in [0.15, 0.2) is 6.10 Å². The normalized spacial score (nSPS) is 12.4. The number of allylic oxidation sites excluding steroid dienone is 8. The standard InChI is InChI=1S/C55H98O6/c1-4-7-10-13-16-19-22-24-26-27-29-31-34-37-40-43-46-49-55(58)61-52(50-59-53(56)47-44-41-38-35-32-21-18-15-12-9-6-3)51-60-54(57)48-45-42-39-36-33-30-28-25-23-20-17-14-11-8-5-2/h15-16,18-19,24-26,28,52H,4-14,17,20-23,27,29-51H2,1-3H3/b18-15-,19-16-,26-24-,28-25-/t52-/m0/s1. The van der Waals surface area contributed by atoms with Crippen molar-refractivity contribution < 1.29 is 28.6 Å². The molecule has 0 aliphatic rings. The predicted molar refractivity (Wildman–Crippen MR) is 261 cm³/mol. The number of carbonyl (C=O) groups excluding carboxylic acids is 3. The first kappa shape index (κ1) is 58.4. The van der Waals surface area contributed by atoms with E-state index in [2.05, 4.69) is 69.4 Å². The van der Waals surface area contributed by atoms with E-state index in [0.717, 1.165) is 83.5 Å². The van der Waals surface area contributed by atoms with E-state index in [9.17, 15) is 14.4 Å². The van der Waals surface area contributed by atoms with Gasteiger partial charge in [-0.05, 0) is 96.3 Å². The van der Waals surface area contributed by atoms with E-state index in [1.807, 2.05) is 0 Å². The van der Waals surface area contributed by atoms with Gasteiger partial charge < -0.3 is 14.2 Å². The number of unbranched alkanes of at least 4 members (excludes halogenated alkanes) is 28. The van der Waals surface area contributed by atoms with Crippen LogP contribution in [-0.2, 0) is 28.6 Å². The molecule has 0 radical (unpaired) electrons. The summed E-state index contributed by atoms with van der Waals surface area (Å²) >= 11 is 0. The molecule has 0 saturated carbocycles. The number of ether oxygens (including phenoxy) is 3. The van der Waals surface area contributed by atoms with Crippen molar-refractivity contribution in [1.82, 2.24) is 0 Å². The van der Waals surface area contributed by atoms with Crippen LogP contribution in [0.2, 0.25) is 0 Å². The molecule has 1 atom stereocenters. The van der Waals surface area contributed by atoms with E-state index in [1.54, 1.807) is 0 Å². The smallest absolute Gasteiger partial charge is 0.306 e. The summed E-state index contributed by atoms with van der Waals surface area (Å²) in [7, 11) is 0. The molecule has 6 heteroatoms. The van der Waals surface area contributed by atoms with E-state index in [1.165, 1.54) is 141 Å². The van der Waals surface area contributed by atoms with E-state index in [-0.39, 0.29) is 31.1 Å². The lowest BCUT2D eigenvalue weighted by Gasteiger charge is -2.18. The highest BCUT2D eigenvalue weighted by Gasteiger charge is 2.19. The van der Waals surface area contributed by atoms with Gasteiger partial charge in [-0.1, -0.05) is 198 Å². The summed E-state index contributed by atoms with van der Waals surface area (Å²) < 4.78 is 16.8. The Morgan fingerprint density at radius 1 is 0.328 bits per heavy atom. The largest absolute Gasteiger partial charge is 0.462 e. The fourth-order valence-corrected chi connectivity index (χ4v) is 7.27. The van der Waals surface area contributed by atoms with Crippen LogP contribution in [-0.4, -0.2) is 37.2 Å². The van der Waals surface area contributed by atoms with Crippen LogP contribution in [0.5, 0.6) is 0 Å². The number of hydrogen-bond donors (Lipinski definition) is 0. The minimum absolute atomic E-state index is 0.0826. The number of esters is 3. The first-order valence-electron chi connectivity index (χ1n) is 26.1. The number of hydrogen-bond acceptors (Lipinski definition) is 6. The van der Waals surface area contributed by atoms with Gasteiger partial charge in [0, 0.05) is 19.3 Å². The van der Waals surface area contributed by atoms with Crippen LogP contribution in [0, 0.1) is 0 Å². The first-order valence-corrected chi connectivity index (χ1v) is 26.1. The van der Waals surface area contributed by atoms with Crippen molar-refractivity contribution in [3.05, 3.63) is 48.6 Å². The Balaban J connectivity index is 4.38. The number of carbonyl (C=O) groups is 3. The maximum atomic E-state index is 12.8. The average Bonchev–Trinajstić information content (AvgIpc) is 3.26. The average molecular weight is 855 g/mol. The summed E-state index contributed by atoms with van der Waals surface area (Å²) in [5.74, 6) is -0.902. The van der Waals surface area contributed by atoms with E-state index in [4.69, 9.17) is 14.2 Å². The number of rotatable bonds is 47. The SMILES string of the molecule is CCCC/C=C\CCCCCCCC(=O)OC[C@@H](COC(=O)CCCCCCC/C=C\CCCCCCCC)OC(=O)CCCCCCCCC/C=C\C/C=C\CCCCC. The zero-order chi connectivity index (χ0) is 44.4. The maximum absolute atomic E-state index is 12.8. The molecule has 0 bridgehead atoms. The van der Waals surface area contributed by atoms with Gasteiger partial charge in [-0.25, -0.2) is 0 Å². The minimum atomic E-state index is -0.782. The zero-order valence-electron chi connectivity index (χ0n) is 40.4. The van der Waals surface area contributed by atoms with Crippen molar-refractivity contribution in [3.8, 4) is 0 Å². The molecule has 0 amide bonds. The topological polar surface area (TPSA) is 78.9 Å². The second-order valence-electron chi connectivity index (χ2n) is 17.4. The van der Waals surface area contributed by atoms with E-state index >= 15 is 0 Å². The Labute approximate surface area is 378 Å². The van der Waals surface area contributed by atoms with Crippen molar-refractivity contribution in [3.63, 3.8) is 0 Å². The fraction of sp³-hybridized carbons (Fsp3) is 0.800. The van der Waals surface area contributed by atoms with Gasteiger partial charge in [-0.2, -0.15) is 0 Å². The molecule has 0 aromatic heterocycles. The summed E-state index contributed by atoms with van der Waals surface area (Å²) in [5, 5.41) is 0. The molecule has 0 heterocycles. The van der Waals surface area contributed by atoms with Crippen molar-refractivity contribution in [2.45, 2.75) is 271 Å². The molecule has 354 valence electrons. The zero-order valence-corrected chi connectivity index (χ0v) is 40.4. The molecule has 0 rings (SSSR count). The summed E-state index contributed by atoms with van der Waals surface area (Å²) in [5.41, 5.74) is 0. The summed E-state index contributed by atoms with van der Waals surface area (Å²) in [6, 6.07) is 0. The van der Waals surface area contributed by atoms with Crippen molar-refractivity contribution in [1.29, 1.82) is 0 Å². The molecule has 0 spiro atoms. The highest BCUT2D eigenvalue weighted by atomic mass is 16.6. The Bertz CT molecular complexity index is 1070. The van der Waals surface area contributed by atoms with Crippen molar-refractivity contribution in [2.24, 2.45) is 0 Å². The van der Waals surface area contributed by atoms with Crippen LogP contribution in [0.15, 0.2) is 48.6 Å². The van der Waals surface area contributed by atoms with Crippen LogP contribution in [0.25, 0.3) is 0 Å². The molecule has 61 heavy (non-hydrogen) atoms. The maximum Gasteiger partial charge on any atom is 0.306 e. The lowest BCUT2D eigenvalue weighted by Crippen LogP contribution is -2.30. The summed E-state index contributed by atoms with van der Waals surface area (Å²) in [4.78, 5) is 37.9.